The van der Waals surface area contributed by atoms with Crippen LogP contribution in [0.15, 0.2) is 102 Å². The molecule has 6 heteroatoms. The third kappa shape index (κ3) is 5.50. The lowest BCUT2D eigenvalue weighted by Gasteiger charge is -2.26. The van der Waals surface area contributed by atoms with Gasteiger partial charge in [-0.15, -0.1) is 0 Å². The highest BCUT2D eigenvalue weighted by Crippen LogP contribution is 2.30. The van der Waals surface area contributed by atoms with Crippen LogP contribution in [0.1, 0.15) is 36.9 Å². The Morgan fingerprint density at radius 2 is 1.38 bits per heavy atom. The number of fused-ring (bicyclic) bond motifs is 2. The fourth-order valence-electron chi connectivity index (χ4n) is 6.18. The molecule has 0 saturated carbocycles. The molecule has 6 aromatic rings. The normalized spacial score (nSPS) is 14.1. The van der Waals surface area contributed by atoms with Gasteiger partial charge >= 0.3 is 0 Å². The van der Waals surface area contributed by atoms with Gasteiger partial charge in [0.1, 0.15) is 11.5 Å². The van der Waals surface area contributed by atoms with Gasteiger partial charge in [-0.05, 0) is 67.7 Å². The molecule has 0 atom stereocenters. The van der Waals surface area contributed by atoms with E-state index in [-0.39, 0.29) is 5.56 Å². The Balaban J connectivity index is 1.27. The van der Waals surface area contributed by atoms with Crippen LogP contribution in [0.4, 0.5) is 0 Å². The first-order valence-corrected chi connectivity index (χ1v) is 15.1. The van der Waals surface area contributed by atoms with Crippen molar-refractivity contribution < 1.29 is 0 Å². The molecule has 0 unspecified atom stereocenters. The maximum atomic E-state index is 13.0. The fourth-order valence-corrected chi connectivity index (χ4v) is 6.18. The number of benzene rings is 4. The van der Waals surface area contributed by atoms with Gasteiger partial charge in [0.2, 0.25) is 0 Å². The second kappa shape index (κ2) is 11.7. The zero-order chi connectivity index (χ0) is 28.3. The Hall–Kier alpha value is -4.55. The molecule has 2 aromatic heterocycles. The minimum atomic E-state index is -0.150. The Morgan fingerprint density at radius 1 is 0.690 bits per heavy atom. The molecule has 1 fully saturated rings. The van der Waals surface area contributed by atoms with Crippen LogP contribution in [0.25, 0.3) is 44.6 Å². The van der Waals surface area contributed by atoms with Gasteiger partial charge < -0.3 is 14.5 Å². The van der Waals surface area contributed by atoms with Gasteiger partial charge in [0, 0.05) is 18.5 Å². The molecular formula is C36H35N5O. The minimum absolute atomic E-state index is 0.150. The predicted octanol–water partition coefficient (Wildman–Crippen LogP) is 7.07. The van der Waals surface area contributed by atoms with Crippen LogP contribution in [-0.2, 0) is 13.0 Å². The molecular weight excluding hydrogens is 518 g/mol. The molecule has 3 heterocycles. The monoisotopic (exact) mass is 553 g/mol. The predicted molar refractivity (Wildman–Crippen MR) is 171 cm³/mol. The minimum Gasteiger partial charge on any atom is -0.324 e. The van der Waals surface area contributed by atoms with Crippen molar-refractivity contribution in [2.75, 3.05) is 19.6 Å². The molecule has 0 spiro atoms. The molecule has 1 aliphatic rings. The summed E-state index contributed by atoms with van der Waals surface area (Å²) in [5, 5.41) is 0. The van der Waals surface area contributed by atoms with Crippen molar-refractivity contribution >= 4 is 22.1 Å². The number of imidazole rings is 1. The smallest absolute Gasteiger partial charge is 0.270 e. The molecule has 210 valence electrons. The molecule has 6 nitrogen and oxygen atoms in total. The van der Waals surface area contributed by atoms with Crippen molar-refractivity contribution in [3.63, 3.8) is 0 Å². The molecule has 0 aliphatic carbocycles. The quantitative estimate of drug-likeness (QED) is 0.219. The van der Waals surface area contributed by atoms with E-state index in [1.54, 1.807) is 0 Å². The van der Waals surface area contributed by atoms with Gasteiger partial charge in [-0.3, -0.25) is 4.79 Å². The molecule has 1 N–H and O–H groups in total. The Morgan fingerprint density at radius 3 is 2.14 bits per heavy atom. The van der Waals surface area contributed by atoms with E-state index in [1.807, 2.05) is 42.5 Å². The number of hydrogen-bond acceptors (Lipinski definition) is 4. The van der Waals surface area contributed by atoms with Gasteiger partial charge in [0.25, 0.3) is 5.56 Å². The lowest BCUT2D eigenvalue weighted by molar-refractivity contribution is 0.223. The second-order valence-electron chi connectivity index (χ2n) is 11.3. The number of piperidine rings is 1. The van der Waals surface area contributed by atoms with Crippen molar-refractivity contribution in [3.8, 4) is 22.5 Å². The van der Waals surface area contributed by atoms with Crippen molar-refractivity contribution in [2.45, 2.75) is 38.6 Å². The van der Waals surface area contributed by atoms with E-state index in [9.17, 15) is 4.79 Å². The zero-order valence-corrected chi connectivity index (χ0v) is 23.8. The molecule has 4 aromatic carbocycles. The molecule has 1 aliphatic heterocycles. The number of nitrogens with one attached hydrogen (secondary N) is 1. The van der Waals surface area contributed by atoms with Gasteiger partial charge in [0.15, 0.2) is 0 Å². The van der Waals surface area contributed by atoms with Crippen LogP contribution in [-0.4, -0.2) is 44.1 Å². The summed E-state index contributed by atoms with van der Waals surface area (Å²) in [5.41, 5.74) is 8.34. The van der Waals surface area contributed by atoms with Crippen molar-refractivity contribution in [1.82, 2.24) is 24.4 Å². The standard InChI is InChI=1S/C36H35N5O/c42-36-33(23-26-11-4-1-5-12-26)37-31-25-34-32(24-30(31)39-36)38-35(41(34)22-10-21-40-19-8-3-9-20-40)29-17-15-28(16-18-29)27-13-6-2-7-14-27/h1-2,4-7,11-18,24-25H,3,8-10,19-23H2,(H,39,42). The highest BCUT2D eigenvalue weighted by atomic mass is 16.1. The van der Waals surface area contributed by atoms with E-state index in [0.717, 1.165) is 53.0 Å². The van der Waals surface area contributed by atoms with Gasteiger partial charge in [-0.25, -0.2) is 9.97 Å². The van der Waals surface area contributed by atoms with Crippen LogP contribution in [0, 0.1) is 0 Å². The average molecular weight is 554 g/mol. The first-order valence-electron chi connectivity index (χ1n) is 15.1. The van der Waals surface area contributed by atoms with Crippen LogP contribution in [0.2, 0.25) is 0 Å². The molecule has 0 bridgehead atoms. The number of aryl methyl sites for hydroxylation is 1. The van der Waals surface area contributed by atoms with Crippen LogP contribution >= 0.6 is 0 Å². The summed E-state index contributed by atoms with van der Waals surface area (Å²) in [7, 11) is 0. The first kappa shape index (κ1) is 26.4. The number of aromatic nitrogens is 4. The second-order valence-corrected chi connectivity index (χ2v) is 11.3. The summed E-state index contributed by atoms with van der Waals surface area (Å²) in [6.45, 7) is 4.36. The Bertz CT molecular complexity index is 1870. The fraction of sp³-hybridized carbons (Fsp3) is 0.250. The van der Waals surface area contributed by atoms with E-state index in [1.165, 1.54) is 43.5 Å². The lowest BCUT2D eigenvalue weighted by Crippen LogP contribution is -2.31. The molecule has 0 amide bonds. The van der Waals surface area contributed by atoms with Gasteiger partial charge in [0.05, 0.1) is 22.1 Å². The van der Waals surface area contributed by atoms with Gasteiger partial charge in [-0.1, -0.05) is 91.3 Å². The SMILES string of the molecule is O=c1[nH]c2cc3nc(-c4ccc(-c5ccccc5)cc4)n(CCCN4CCCCC4)c3cc2nc1Cc1ccccc1. The summed E-state index contributed by atoms with van der Waals surface area (Å²) in [5.74, 6) is 0.949. The van der Waals surface area contributed by atoms with Crippen LogP contribution in [0.5, 0.6) is 0 Å². The third-order valence-electron chi connectivity index (χ3n) is 8.40. The number of rotatable bonds is 8. The van der Waals surface area contributed by atoms with E-state index in [2.05, 4.69) is 69.0 Å². The van der Waals surface area contributed by atoms with Crippen LogP contribution in [0.3, 0.4) is 0 Å². The maximum absolute atomic E-state index is 13.0. The maximum Gasteiger partial charge on any atom is 0.270 e. The number of likely N-dealkylation sites (tertiary alicyclic amines) is 1. The number of nitrogens with zero attached hydrogens (tertiary/aromatic N) is 4. The van der Waals surface area contributed by atoms with E-state index in [4.69, 9.17) is 9.97 Å². The number of hydrogen-bond donors (Lipinski definition) is 1. The highest BCUT2D eigenvalue weighted by Gasteiger charge is 2.17. The molecule has 42 heavy (non-hydrogen) atoms. The summed E-state index contributed by atoms with van der Waals surface area (Å²) in [6, 6.07) is 33.2. The average Bonchev–Trinajstić information content (AvgIpc) is 3.39. The van der Waals surface area contributed by atoms with E-state index < -0.39 is 0 Å². The highest BCUT2D eigenvalue weighted by molar-refractivity contribution is 5.93. The van der Waals surface area contributed by atoms with E-state index in [0.29, 0.717) is 17.6 Å². The largest absolute Gasteiger partial charge is 0.324 e. The Kier molecular flexibility index (Phi) is 7.37. The third-order valence-corrected chi connectivity index (χ3v) is 8.40. The summed E-state index contributed by atoms with van der Waals surface area (Å²) in [6.07, 6.45) is 5.50. The summed E-state index contributed by atoms with van der Waals surface area (Å²) >= 11 is 0. The number of aromatic amines is 1. The van der Waals surface area contributed by atoms with Crippen LogP contribution < -0.4 is 5.56 Å². The molecule has 1 saturated heterocycles. The first-order chi connectivity index (χ1) is 20.7. The summed E-state index contributed by atoms with van der Waals surface area (Å²) < 4.78 is 2.35. The summed E-state index contributed by atoms with van der Waals surface area (Å²) in [4.78, 5) is 28.6. The zero-order valence-electron chi connectivity index (χ0n) is 23.8. The molecule has 7 rings (SSSR count). The van der Waals surface area contributed by atoms with E-state index >= 15 is 0 Å². The van der Waals surface area contributed by atoms with Crippen molar-refractivity contribution in [1.29, 1.82) is 0 Å². The molecule has 0 radical (unpaired) electrons. The number of H-pyrrole nitrogens is 1. The van der Waals surface area contributed by atoms with Crippen molar-refractivity contribution in [2.24, 2.45) is 0 Å². The van der Waals surface area contributed by atoms with Gasteiger partial charge in [-0.2, -0.15) is 0 Å². The lowest BCUT2D eigenvalue weighted by atomic mass is 10.0. The Labute approximate surface area is 245 Å². The topological polar surface area (TPSA) is 66.8 Å². The van der Waals surface area contributed by atoms with Crippen molar-refractivity contribution in [3.05, 3.63) is 119 Å².